The number of nitrogens with one attached hydrogen (secondary N) is 2. The Morgan fingerprint density at radius 3 is 2.32 bits per heavy atom. The molecule has 0 saturated heterocycles. The van der Waals surface area contributed by atoms with E-state index in [4.69, 9.17) is 16.9 Å². The monoisotopic (exact) mass is 598 g/mol. The van der Waals surface area contributed by atoms with E-state index >= 15 is 0 Å². The van der Waals surface area contributed by atoms with E-state index in [2.05, 4.69) is 16.6 Å². The highest BCUT2D eigenvalue weighted by Crippen LogP contribution is 2.29. The number of unbranched alkanes of at least 4 members (excludes halogenated alkanes) is 2. The fourth-order valence-corrected chi connectivity index (χ4v) is 4.89. The molecule has 0 aliphatic rings. The second-order valence-electron chi connectivity index (χ2n) is 11.6. The molecule has 2 unspecified atom stereocenters. The summed E-state index contributed by atoms with van der Waals surface area (Å²) in [5, 5.41) is 7.55. The SMILES string of the molecule is C#Cc1ccccc1C(C(=O)Nc1ccc2ccccc2c1)N(CCCCC)C(=O)C(CCC(N)=O)NC(=O)OC(C)(C)C. The van der Waals surface area contributed by atoms with Gasteiger partial charge >= 0.3 is 6.09 Å². The Kier molecular flexibility index (Phi) is 11.9. The molecule has 0 aliphatic carbocycles. The summed E-state index contributed by atoms with van der Waals surface area (Å²) in [6, 6.07) is 18.0. The van der Waals surface area contributed by atoms with Gasteiger partial charge in [-0.1, -0.05) is 74.2 Å². The zero-order valence-electron chi connectivity index (χ0n) is 25.9. The second-order valence-corrected chi connectivity index (χ2v) is 11.6. The number of primary amides is 1. The Hall–Kier alpha value is -4.84. The zero-order chi connectivity index (χ0) is 32.3. The maximum atomic E-state index is 14.4. The number of anilines is 1. The third-order valence-electron chi connectivity index (χ3n) is 6.94. The van der Waals surface area contributed by atoms with Crippen molar-refractivity contribution in [2.45, 2.75) is 77.5 Å². The van der Waals surface area contributed by atoms with Crippen LogP contribution < -0.4 is 16.4 Å². The number of fused-ring (bicyclic) bond motifs is 1. The van der Waals surface area contributed by atoms with Gasteiger partial charge in [0.25, 0.3) is 5.91 Å². The number of nitrogens with two attached hydrogens (primary N) is 1. The normalized spacial score (nSPS) is 12.4. The Balaban J connectivity index is 2.08. The van der Waals surface area contributed by atoms with Crippen LogP contribution in [0.3, 0.4) is 0 Å². The van der Waals surface area contributed by atoms with E-state index in [1.54, 1.807) is 51.1 Å². The number of ether oxygens (including phenoxy) is 1. The van der Waals surface area contributed by atoms with Gasteiger partial charge in [0.15, 0.2) is 0 Å². The molecule has 2 atom stereocenters. The smallest absolute Gasteiger partial charge is 0.408 e. The minimum absolute atomic E-state index is 0.0759. The van der Waals surface area contributed by atoms with Crippen LogP contribution in [0.2, 0.25) is 0 Å². The van der Waals surface area contributed by atoms with Crippen LogP contribution in [0.25, 0.3) is 10.8 Å². The van der Waals surface area contributed by atoms with Crippen molar-refractivity contribution in [3.8, 4) is 12.3 Å². The molecule has 3 rings (SSSR count). The van der Waals surface area contributed by atoms with Gasteiger partial charge in [0.2, 0.25) is 11.8 Å². The molecule has 0 bridgehead atoms. The molecular formula is C35H42N4O5. The topological polar surface area (TPSA) is 131 Å². The lowest BCUT2D eigenvalue weighted by Crippen LogP contribution is -2.53. The van der Waals surface area contributed by atoms with E-state index < -0.39 is 41.5 Å². The van der Waals surface area contributed by atoms with Crippen molar-refractivity contribution < 1.29 is 23.9 Å². The summed E-state index contributed by atoms with van der Waals surface area (Å²) in [6.45, 7) is 7.34. The molecular weight excluding hydrogens is 556 g/mol. The fraction of sp³-hybridized carbons (Fsp3) is 0.371. The van der Waals surface area contributed by atoms with Crippen molar-refractivity contribution in [1.29, 1.82) is 0 Å². The van der Waals surface area contributed by atoms with Gasteiger partial charge < -0.3 is 26.0 Å². The Bertz CT molecular complexity index is 1520. The van der Waals surface area contributed by atoms with Gasteiger partial charge in [0.05, 0.1) is 0 Å². The van der Waals surface area contributed by atoms with Crippen LogP contribution >= 0.6 is 0 Å². The summed E-state index contributed by atoms with van der Waals surface area (Å²) in [5.74, 6) is 0.978. The number of hydrogen-bond donors (Lipinski definition) is 3. The molecule has 44 heavy (non-hydrogen) atoms. The Morgan fingerprint density at radius 1 is 0.977 bits per heavy atom. The number of nitrogens with zero attached hydrogens (tertiary/aromatic N) is 1. The molecule has 4 amide bonds. The van der Waals surface area contributed by atoms with E-state index in [0.717, 1.165) is 23.6 Å². The van der Waals surface area contributed by atoms with E-state index in [-0.39, 0.29) is 19.4 Å². The maximum absolute atomic E-state index is 14.4. The number of hydrogen-bond acceptors (Lipinski definition) is 5. The van der Waals surface area contributed by atoms with Crippen molar-refractivity contribution in [2.24, 2.45) is 5.73 Å². The molecule has 0 saturated carbocycles. The lowest BCUT2D eigenvalue weighted by atomic mass is 9.96. The predicted molar refractivity (Wildman–Crippen MR) is 173 cm³/mol. The molecule has 3 aromatic carbocycles. The highest BCUT2D eigenvalue weighted by molar-refractivity contribution is 6.00. The zero-order valence-corrected chi connectivity index (χ0v) is 25.9. The first-order valence-corrected chi connectivity index (χ1v) is 14.9. The van der Waals surface area contributed by atoms with E-state index in [1.165, 1.54) is 4.90 Å². The molecule has 0 aromatic heterocycles. The van der Waals surface area contributed by atoms with Crippen LogP contribution in [0.4, 0.5) is 10.5 Å². The third kappa shape index (κ3) is 9.60. The van der Waals surface area contributed by atoms with E-state index in [1.807, 2.05) is 43.3 Å². The molecule has 0 fully saturated rings. The van der Waals surface area contributed by atoms with Crippen molar-refractivity contribution in [1.82, 2.24) is 10.2 Å². The Labute approximate surface area is 259 Å². The summed E-state index contributed by atoms with van der Waals surface area (Å²) >= 11 is 0. The van der Waals surface area contributed by atoms with Crippen LogP contribution in [0.15, 0.2) is 66.7 Å². The van der Waals surface area contributed by atoms with Crippen LogP contribution in [0.5, 0.6) is 0 Å². The van der Waals surface area contributed by atoms with E-state index in [0.29, 0.717) is 23.2 Å². The molecule has 0 radical (unpaired) electrons. The third-order valence-corrected chi connectivity index (χ3v) is 6.94. The average Bonchev–Trinajstić information content (AvgIpc) is 2.97. The van der Waals surface area contributed by atoms with Gasteiger partial charge in [-0.25, -0.2) is 4.79 Å². The maximum Gasteiger partial charge on any atom is 0.408 e. The molecule has 4 N–H and O–H groups in total. The summed E-state index contributed by atoms with van der Waals surface area (Å²) in [7, 11) is 0. The molecule has 232 valence electrons. The molecule has 9 nitrogen and oxygen atoms in total. The first kappa shape index (κ1) is 33.7. The summed E-state index contributed by atoms with van der Waals surface area (Å²) in [5.41, 5.74) is 6.06. The Morgan fingerprint density at radius 2 is 1.66 bits per heavy atom. The summed E-state index contributed by atoms with van der Waals surface area (Å²) < 4.78 is 5.40. The highest BCUT2D eigenvalue weighted by Gasteiger charge is 2.37. The largest absolute Gasteiger partial charge is 0.444 e. The molecule has 9 heteroatoms. The van der Waals surface area contributed by atoms with Gasteiger partial charge in [-0.05, 0) is 68.1 Å². The van der Waals surface area contributed by atoms with Crippen molar-refractivity contribution in [3.63, 3.8) is 0 Å². The lowest BCUT2D eigenvalue weighted by Gasteiger charge is -2.35. The minimum atomic E-state index is -1.19. The molecule has 0 spiro atoms. The number of amides is 4. The van der Waals surface area contributed by atoms with Crippen LogP contribution in [0.1, 0.15) is 77.0 Å². The summed E-state index contributed by atoms with van der Waals surface area (Å²) in [6.07, 6.45) is 7.06. The van der Waals surface area contributed by atoms with E-state index in [9.17, 15) is 19.2 Å². The number of rotatable bonds is 13. The number of carbonyl (C=O) groups excluding carboxylic acids is 4. The molecule has 0 heterocycles. The quantitative estimate of drug-likeness (QED) is 0.172. The number of carbonyl (C=O) groups is 4. The first-order chi connectivity index (χ1) is 20.9. The van der Waals surface area contributed by atoms with Gasteiger partial charge in [-0.3, -0.25) is 14.4 Å². The standard InChI is InChI=1S/C35H42N4O5/c1-6-8-13-22-39(33(42)29(20-21-30(36)40)38-34(43)44-35(3,4)5)31(28-17-12-11-14-24(28)7-2)32(41)37-27-19-18-25-15-9-10-16-26(25)23-27/h2,9-12,14-19,23,29,31H,6,8,13,20-22H2,1,3-5H3,(H2,36,40)(H,37,41)(H,38,43). The minimum Gasteiger partial charge on any atom is -0.444 e. The van der Waals surface area contributed by atoms with Crippen molar-refractivity contribution in [2.75, 3.05) is 11.9 Å². The number of benzene rings is 3. The van der Waals surface area contributed by atoms with Crippen molar-refractivity contribution >= 4 is 40.3 Å². The predicted octanol–water partition coefficient (Wildman–Crippen LogP) is 5.68. The fourth-order valence-electron chi connectivity index (χ4n) is 4.89. The second kappa shape index (κ2) is 15.6. The van der Waals surface area contributed by atoms with Crippen molar-refractivity contribution in [3.05, 3.63) is 77.9 Å². The first-order valence-electron chi connectivity index (χ1n) is 14.9. The molecule has 0 aliphatic heterocycles. The van der Waals surface area contributed by atoms with Gasteiger partial charge in [-0.2, -0.15) is 0 Å². The number of terminal acetylenes is 1. The molecule has 3 aromatic rings. The van der Waals surface area contributed by atoms with Crippen LogP contribution in [-0.2, 0) is 19.1 Å². The van der Waals surface area contributed by atoms with Crippen LogP contribution in [-0.4, -0.2) is 46.9 Å². The number of alkyl carbamates (subject to hydrolysis) is 1. The lowest BCUT2D eigenvalue weighted by molar-refractivity contribution is -0.141. The van der Waals surface area contributed by atoms with Crippen LogP contribution in [0, 0.1) is 12.3 Å². The average molecular weight is 599 g/mol. The van der Waals surface area contributed by atoms with Gasteiger partial charge in [-0.15, -0.1) is 6.42 Å². The van der Waals surface area contributed by atoms with Gasteiger partial charge in [0, 0.05) is 24.2 Å². The highest BCUT2D eigenvalue weighted by atomic mass is 16.6. The van der Waals surface area contributed by atoms with Gasteiger partial charge in [0.1, 0.15) is 17.7 Å². The summed E-state index contributed by atoms with van der Waals surface area (Å²) in [4.78, 5) is 54.6.